The fraction of sp³-hybridized carbons (Fsp3) is 1.00. The van der Waals surface area contributed by atoms with Gasteiger partial charge in [-0.1, -0.05) is 20.3 Å². The van der Waals surface area contributed by atoms with Crippen molar-refractivity contribution >= 4 is 10.0 Å². The highest BCUT2D eigenvalue weighted by atomic mass is 32.2. The first-order chi connectivity index (χ1) is 7.59. The summed E-state index contributed by atoms with van der Waals surface area (Å²) in [4.78, 5) is 0. The zero-order valence-corrected chi connectivity index (χ0v) is 11.1. The van der Waals surface area contributed by atoms with Gasteiger partial charge in [-0.15, -0.1) is 0 Å². The Kier molecular flexibility index (Phi) is 5.72. The second-order valence-electron chi connectivity index (χ2n) is 4.58. The van der Waals surface area contributed by atoms with Gasteiger partial charge in [-0.25, -0.2) is 13.1 Å². The van der Waals surface area contributed by atoms with E-state index in [1.807, 2.05) is 0 Å². The molecule has 1 fully saturated rings. The molecule has 1 aliphatic carbocycles. The molecule has 2 unspecified atom stereocenters. The summed E-state index contributed by atoms with van der Waals surface area (Å²) < 4.78 is 26.1. The molecule has 2 atom stereocenters. The van der Waals surface area contributed by atoms with Gasteiger partial charge in [-0.05, 0) is 31.7 Å². The highest BCUT2D eigenvalue weighted by Crippen LogP contribution is 2.34. The van der Waals surface area contributed by atoms with E-state index >= 15 is 0 Å². The SMILES string of the molecule is CCCNCCS(=O)(=O)NC1CC1CCC. The Labute approximate surface area is 99.2 Å². The van der Waals surface area contributed by atoms with E-state index in [0.29, 0.717) is 12.5 Å². The molecule has 0 heterocycles. The van der Waals surface area contributed by atoms with Gasteiger partial charge >= 0.3 is 0 Å². The molecule has 96 valence electrons. The van der Waals surface area contributed by atoms with E-state index in [0.717, 1.165) is 32.2 Å². The molecule has 0 bridgehead atoms. The number of hydrogen-bond acceptors (Lipinski definition) is 3. The van der Waals surface area contributed by atoms with Gasteiger partial charge in [-0.2, -0.15) is 0 Å². The molecule has 0 aromatic rings. The quantitative estimate of drug-likeness (QED) is 0.601. The van der Waals surface area contributed by atoms with Crippen LogP contribution in [0.2, 0.25) is 0 Å². The Bertz CT molecular complexity index is 290. The molecule has 0 saturated heterocycles. The first-order valence-electron chi connectivity index (χ1n) is 6.29. The zero-order chi connectivity index (χ0) is 12.0. The van der Waals surface area contributed by atoms with Crippen molar-refractivity contribution in [2.75, 3.05) is 18.8 Å². The maximum absolute atomic E-state index is 11.6. The molecule has 1 rings (SSSR count). The monoisotopic (exact) mass is 248 g/mol. The van der Waals surface area contributed by atoms with E-state index in [1.54, 1.807) is 0 Å². The van der Waals surface area contributed by atoms with Crippen molar-refractivity contribution in [1.82, 2.24) is 10.0 Å². The van der Waals surface area contributed by atoms with Gasteiger partial charge in [0.2, 0.25) is 10.0 Å². The summed E-state index contributed by atoms with van der Waals surface area (Å²) in [6.07, 6.45) is 4.34. The van der Waals surface area contributed by atoms with Gasteiger partial charge < -0.3 is 5.32 Å². The fourth-order valence-electron chi connectivity index (χ4n) is 1.88. The largest absolute Gasteiger partial charge is 0.316 e. The van der Waals surface area contributed by atoms with Crippen LogP contribution in [-0.2, 0) is 10.0 Å². The molecule has 4 nitrogen and oxygen atoms in total. The summed E-state index contributed by atoms with van der Waals surface area (Å²) in [7, 11) is -3.06. The van der Waals surface area contributed by atoms with E-state index in [2.05, 4.69) is 23.9 Å². The van der Waals surface area contributed by atoms with Crippen molar-refractivity contribution in [3.8, 4) is 0 Å². The Morgan fingerprint density at radius 2 is 1.94 bits per heavy atom. The minimum Gasteiger partial charge on any atom is -0.316 e. The third-order valence-electron chi connectivity index (χ3n) is 2.89. The molecule has 0 aliphatic heterocycles. The molecule has 0 spiro atoms. The maximum Gasteiger partial charge on any atom is 0.213 e. The lowest BCUT2D eigenvalue weighted by Gasteiger charge is -2.06. The number of rotatable bonds is 9. The van der Waals surface area contributed by atoms with E-state index in [9.17, 15) is 8.42 Å². The number of nitrogens with one attached hydrogen (secondary N) is 2. The van der Waals surface area contributed by atoms with Crippen LogP contribution in [0.15, 0.2) is 0 Å². The lowest BCUT2D eigenvalue weighted by molar-refractivity contribution is 0.568. The van der Waals surface area contributed by atoms with E-state index < -0.39 is 10.0 Å². The van der Waals surface area contributed by atoms with E-state index in [1.165, 1.54) is 0 Å². The van der Waals surface area contributed by atoms with Crippen molar-refractivity contribution in [2.24, 2.45) is 5.92 Å². The normalized spacial score (nSPS) is 24.6. The van der Waals surface area contributed by atoms with Crippen molar-refractivity contribution in [1.29, 1.82) is 0 Å². The Hall–Kier alpha value is -0.130. The van der Waals surface area contributed by atoms with Crippen LogP contribution in [-0.4, -0.2) is 33.3 Å². The third-order valence-corrected chi connectivity index (χ3v) is 4.29. The lowest BCUT2D eigenvalue weighted by Crippen LogP contribution is -2.34. The number of hydrogen-bond donors (Lipinski definition) is 2. The van der Waals surface area contributed by atoms with Crippen LogP contribution in [0.1, 0.15) is 39.5 Å². The van der Waals surface area contributed by atoms with Gasteiger partial charge in [0.05, 0.1) is 5.75 Å². The Morgan fingerprint density at radius 3 is 2.56 bits per heavy atom. The molecule has 16 heavy (non-hydrogen) atoms. The van der Waals surface area contributed by atoms with Crippen molar-refractivity contribution < 1.29 is 8.42 Å². The zero-order valence-electron chi connectivity index (χ0n) is 10.3. The predicted octanol–water partition coefficient (Wildman–Crippen LogP) is 1.09. The molecule has 0 aromatic heterocycles. The molecule has 2 N–H and O–H groups in total. The second-order valence-corrected chi connectivity index (χ2v) is 6.45. The van der Waals surface area contributed by atoms with Gasteiger partial charge in [-0.3, -0.25) is 0 Å². The Balaban J connectivity index is 2.15. The standard InChI is InChI=1S/C11H24N2O2S/c1-3-5-10-9-11(10)13-16(14,15)8-7-12-6-4-2/h10-13H,3-9H2,1-2H3. The van der Waals surface area contributed by atoms with Crippen LogP contribution in [0, 0.1) is 5.92 Å². The third kappa shape index (κ3) is 5.27. The molecule has 0 aromatic carbocycles. The van der Waals surface area contributed by atoms with Crippen molar-refractivity contribution in [2.45, 2.75) is 45.6 Å². The van der Waals surface area contributed by atoms with Crippen LogP contribution in [0.3, 0.4) is 0 Å². The molecular weight excluding hydrogens is 224 g/mol. The lowest BCUT2D eigenvalue weighted by atomic mass is 10.2. The van der Waals surface area contributed by atoms with Crippen LogP contribution >= 0.6 is 0 Å². The summed E-state index contributed by atoms with van der Waals surface area (Å²) in [5.74, 6) is 0.783. The summed E-state index contributed by atoms with van der Waals surface area (Å²) in [6, 6.07) is 0.219. The first-order valence-corrected chi connectivity index (χ1v) is 7.95. The topological polar surface area (TPSA) is 58.2 Å². The summed E-state index contributed by atoms with van der Waals surface area (Å²) in [5.41, 5.74) is 0. The minimum atomic E-state index is -3.06. The van der Waals surface area contributed by atoms with Gasteiger partial charge in [0.1, 0.15) is 0 Å². The first kappa shape index (κ1) is 13.9. The van der Waals surface area contributed by atoms with Crippen LogP contribution < -0.4 is 10.0 Å². The molecule has 5 heteroatoms. The van der Waals surface area contributed by atoms with E-state index in [4.69, 9.17) is 0 Å². The Morgan fingerprint density at radius 1 is 1.19 bits per heavy atom. The van der Waals surface area contributed by atoms with E-state index in [-0.39, 0.29) is 11.8 Å². The number of sulfonamides is 1. The van der Waals surface area contributed by atoms with Crippen LogP contribution in [0.25, 0.3) is 0 Å². The van der Waals surface area contributed by atoms with Crippen LogP contribution in [0.5, 0.6) is 0 Å². The van der Waals surface area contributed by atoms with Crippen molar-refractivity contribution in [3.05, 3.63) is 0 Å². The maximum atomic E-state index is 11.6. The summed E-state index contributed by atoms with van der Waals surface area (Å²) in [6.45, 7) is 5.64. The second kappa shape index (κ2) is 6.57. The molecule has 1 aliphatic rings. The highest BCUT2D eigenvalue weighted by Gasteiger charge is 2.38. The average molecular weight is 248 g/mol. The predicted molar refractivity (Wildman–Crippen MR) is 66.9 cm³/mol. The van der Waals surface area contributed by atoms with Crippen molar-refractivity contribution in [3.63, 3.8) is 0 Å². The summed E-state index contributed by atoms with van der Waals surface area (Å²) >= 11 is 0. The van der Waals surface area contributed by atoms with Gasteiger partial charge in [0.25, 0.3) is 0 Å². The molecule has 0 radical (unpaired) electrons. The molecular formula is C11H24N2O2S. The molecule has 0 amide bonds. The highest BCUT2D eigenvalue weighted by molar-refractivity contribution is 7.89. The molecule has 1 saturated carbocycles. The van der Waals surface area contributed by atoms with Gasteiger partial charge in [0.15, 0.2) is 0 Å². The van der Waals surface area contributed by atoms with Gasteiger partial charge in [0, 0.05) is 12.6 Å². The van der Waals surface area contributed by atoms with Crippen LogP contribution in [0.4, 0.5) is 0 Å². The fourth-order valence-corrected chi connectivity index (χ4v) is 3.16. The summed E-state index contributed by atoms with van der Waals surface area (Å²) in [5, 5.41) is 3.10. The minimum absolute atomic E-state index is 0.197. The smallest absolute Gasteiger partial charge is 0.213 e. The average Bonchev–Trinajstić information content (AvgIpc) is 2.91.